The van der Waals surface area contributed by atoms with Gasteiger partial charge >= 0.3 is 0 Å². The van der Waals surface area contributed by atoms with Gasteiger partial charge in [0.15, 0.2) is 0 Å². The summed E-state index contributed by atoms with van der Waals surface area (Å²) in [5.74, 6) is 1.21. The second-order valence-corrected chi connectivity index (χ2v) is 4.08. The highest BCUT2D eigenvalue weighted by atomic mass is 32.2. The number of thiocarbonyl (C=S) groups is 1. The van der Waals surface area contributed by atoms with Crippen LogP contribution in [0.4, 0.5) is 5.95 Å². The molecule has 0 saturated heterocycles. The highest BCUT2D eigenvalue weighted by Crippen LogP contribution is 2.17. The molecule has 0 fully saturated rings. The molecule has 0 aromatic carbocycles. The Bertz CT molecular complexity index is 360. The van der Waals surface area contributed by atoms with E-state index in [2.05, 4.69) is 9.97 Å². The average molecular weight is 245 g/mol. The van der Waals surface area contributed by atoms with Gasteiger partial charge < -0.3 is 15.2 Å². The van der Waals surface area contributed by atoms with E-state index in [-0.39, 0.29) is 5.95 Å². The lowest BCUT2D eigenvalue weighted by Crippen LogP contribution is -2.01. The number of ether oxygens (including phenoxy) is 2. The second kappa shape index (κ2) is 5.72. The Hall–Kier alpha value is -1.08. The molecule has 0 unspecified atom stereocenters. The van der Waals surface area contributed by atoms with Crippen LogP contribution in [0.3, 0.4) is 0 Å². The summed E-state index contributed by atoms with van der Waals surface area (Å²) in [6.07, 6.45) is 0. The van der Waals surface area contributed by atoms with Crippen molar-refractivity contribution >= 4 is 34.3 Å². The summed E-state index contributed by atoms with van der Waals surface area (Å²) in [6, 6.07) is 1.71. The Balaban J connectivity index is 2.68. The Morgan fingerprint density at radius 1 is 1.53 bits per heavy atom. The molecule has 0 aliphatic heterocycles. The van der Waals surface area contributed by atoms with Crippen LogP contribution in [0.2, 0.25) is 0 Å². The van der Waals surface area contributed by atoms with E-state index in [1.54, 1.807) is 6.07 Å². The van der Waals surface area contributed by atoms with Crippen LogP contribution in [-0.4, -0.2) is 28.6 Å². The minimum Gasteiger partial charge on any atom is -0.482 e. The number of nitrogens with zero attached hydrogens (tertiary/aromatic N) is 2. The highest BCUT2D eigenvalue weighted by Gasteiger charge is 2.04. The van der Waals surface area contributed by atoms with Crippen molar-refractivity contribution in [3.8, 4) is 5.88 Å². The van der Waals surface area contributed by atoms with E-state index in [1.165, 1.54) is 26.0 Å². The third-order valence-corrected chi connectivity index (χ3v) is 2.85. The lowest BCUT2D eigenvalue weighted by atomic mass is 10.4. The normalized spacial score (nSPS) is 9.73. The van der Waals surface area contributed by atoms with Gasteiger partial charge in [-0.05, 0) is 12.2 Å². The van der Waals surface area contributed by atoms with Gasteiger partial charge in [-0.2, -0.15) is 4.98 Å². The minimum absolute atomic E-state index is 0.188. The molecule has 0 aliphatic rings. The summed E-state index contributed by atoms with van der Waals surface area (Å²) in [5.41, 5.74) is 6.25. The number of nitrogens with two attached hydrogens (primary N) is 1. The maximum absolute atomic E-state index is 5.50. The van der Waals surface area contributed by atoms with Gasteiger partial charge in [0, 0.05) is 11.8 Å². The third kappa shape index (κ3) is 3.88. The van der Waals surface area contributed by atoms with Crippen LogP contribution in [0.1, 0.15) is 5.69 Å². The van der Waals surface area contributed by atoms with Gasteiger partial charge in [-0.1, -0.05) is 11.8 Å². The minimum atomic E-state index is 0.188. The van der Waals surface area contributed by atoms with Crippen LogP contribution in [0, 0.1) is 0 Å². The van der Waals surface area contributed by atoms with Gasteiger partial charge in [-0.15, -0.1) is 0 Å². The smallest absolute Gasteiger partial charge is 0.223 e. The molecular formula is C8H11N3O2S2. The predicted octanol–water partition coefficient (Wildman–Crippen LogP) is 1.23. The fourth-order valence-corrected chi connectivity index (χ4v) is 1.57. The Labute approximate surface area is 97.4 Å². The van der Waals surface area contributed by atoms with E-state index in [9.17, 15) is 0 Å². The van der Waals surface area contributed by atoms with Crippen molar-refractivity contribution in [2.75, 3.05) is 20.0 Å². The van der Waals surface area contributed by atoms with Crippen LogP contribution in [0.15, 0.2) is 6.07 Å². The lowest BCUT2D eigenvalue weighted by Gasteiger charge is -2.04. The molecule has 0 spiro atoms. The lowest BCUT2D eigenvalue weighted by molar-refractivity contribution is 0.397. The van der Waals surface area contributed by atoms with E-state index in [0.29, 0.717) is 16.0 Å². The van der Waals surface area contributed by atoms with Crippen molar-refractivity contribution in [3.05, 3.63) is 11.8 Å². The molecule has 0 amide bonds. The number of hydrogen-bond acceptors (Lipinski definition) is 7. The monoisotopic (exact) mass is 245 g/mol. The summed E-state index contributed by atoms with van der Waals surface area (Å²) < 4.78 is 10.3. The third-order valence-electron chi connectivity index (χ3n) is 1.49. The Morgan fingerprint density at radius 3 is 2.87 bits per heavy atom. The quantitative estimate of drug-likeness (QED) is 0.803. The van der Waals surface area contributed by atoms with Crippen molar-refractivity contribution in [1.82, 2.24) is 9.97 Å². The van der Waals surface area contributed by atoms with Crippen molar-refractivity contribution < 1.29 is 9.47 Å². The van der Waals surface area contributed by atoms with E-state index < -0.39 is 0 Å². The van der Waals surface area contributed by atoms with Crippen LogP contribution in [-0.2, 0) is 10.5 Å². The maximum Gasteiger partial charge on any atom is 0.223 e. The first kappa shape index (κ1) is 12.0. The number of methoxy groups -OCH3 is 2. The van der Waals surface area contributed by atoms with Crippen molar-refractivity contribution in [3.63, 3.8) is 0 Å². The molecule has 0 atom stereocenters. The van der Waals surface area contributed by atoms with Gasteiger partial charge in [-0.25, -0.2) is 4.98 Å². The number of aromatic nitrogens is 2. The molecule has 1 heterocycles. The number of thioether (sulfide) groups is 1. The number of nitrogen functional groups attached to an aromatic ring is 1. The van der Waals surface area contributed by atoms with E-state index in [4.69, 9.17) is 27.4 Å². The number of hydrogen-bond donors (Lipinski definition) is 1. The fourth-order valence-electron chi connectivity index (χ4n) is 0.862. The maximum atomic E-state index is 5.50. The molecule has 0 saturated carbocycles. The van der Waals surface area contributed by atoms with Gasteiger partial charge in [0.1, 0.15) is 0 Å². The summed E-state index contributed by atoms with van der Waals surface area (Å²) in [4.78, 5) is 7.91. The molecular weight excluding hydrogens is 234 g/mol. The van der Waals surface area contributed by atoms with Crippen molar-refractivity contribution in [2.24, 2.45) is 0 Å². The second-order valence-electron chi connectivity index (χ2n) is 2.50. The molecule has 5 nitrogen and oxygen atoms in total. The summed E-state index contributed by atoms with van der Waals surface area (Å²) >= 11 is 6.25. The van der Waals surface area contributed by atoms with Crippen LogP contribution in [0.25, 0.3) is 0 Å². The topological polar surface area (TPSA) is 70.3 Å². The van der Waals surface area contributed by atoms with Gasteiger partial charge in [0.2, 0.25) is 16.2 Å². The standard InChI is InChI=1S/C8H11N3O2S2/c1-12-6-3-5(10-7(9)11-6)4-15-8(14)13-2/h3H,4H2,1-2H3,(H2,9,10,11). The number of rotatable bonds is 3. The predicted molar refractivity (Wildman–Crippen MR) is 63.9 cm³/mol. The molecule has 0 radical (unpaired) electrons. The first-order valence-electron chi connectivity index (χ1n) is 4.04. The molecule has 7 heteroatoms. The van der Waals surface area contributed by atoms with Crippen LogP contribution >= 0.6 is 24.0 Å². The Morgan fingerprint density at radius 2 is 2.27 bits per heavy atom. The van der Waals surface area contributed by atoms with Gasteiger partial charge in [0.05, 0.1) is 19.9 Å². The SMILES string of the molecule is COC(=S)SCc1cc(OC)nc(N)n1. The molecule has 1 aromatic heterocycles. The average Bonchev–Trinajstić information content (AvgIpc) is 2.25. The van der Waals surface area contributed by atoms with Crippen LogP contribution in [0.5, 0.6) is 5.88 Å². The van der Waals surface area contributed by atoms with E-state index >= 15 is 0 Å². The molecule has 15 heavy (non-hydrogen) atoms. The molecule has 2 N–H and O–H groups in total. The Kier molecular flexibility index (Phi) is 4.57. The molecule has 82 valence electrons. The summed E-state index contributed by atoms with van der Waals surface area (Å²) in [5, 5.41) is 0. The summed E-state index contributed by atoms with van der Waals surface area (Å²) in [7, 11) is 3.06. The zero-order valence-corrected chi connectivity index (χ0v) is 10.0. The first-order chi connectivity index (χ1) is 7.15. The van der Waals surface area contributed by atoms with E-state index in [1.807, 2.05) is 0 Å². The zero-order valence-electron chi connectivity index (χ0n) is 8.39. The molecule has 0 bridgehead atoms. The fraction of sp³-hybridized carbons (Fsp3) is 0.375. The van der Waals surface area contributed by atoms with Crippen molar-refractivity contribution in [2.45, 2.75) is 5.75 Å². The first-order valence-corrected chi connectivity index (χ1v) is 5.43. The van der Waals surface area contributed by atoms with Crippen molar-refractivity contribution in [1.29, 1.82) is 0 Å². The summed E-state index contributed by atoms with van der Waals surface area (Å²) in [6.45, 7) is 0. The number of anilines is 1. The zero-order chi connectivity index (χ0) is 11.3. The molecule has 0 aliphatic carbocycles. The van der Waals surface area contributed by atoms with E-state index in [0.717, 1.165) is 5.69 Å². The molecule has 1 rings (SSSR count). The van der Waals surface area contributed by atoms with Gasteiger partial charge in [-0.3, -0.25) is 0 Å². The van der Waals surface area contributed by atoms with Crippen LogP contribution < -0.4 is 10.5 Å². The van der Waals surface area contributed by atoms with Gasteiger partial charge in [0.25, 0.3) is 0 Å². The largest absolute Gasteiger partial charge is 0.482 e. The highest BCUT2D eigenvalue weighted by molar-refractivity contribution is 8.22. The molecule has 1 aromatic rings.